The van der Waals surface area contributed by atoms with E-state index in [4.69, 9.17) is 32.1 Å². The summed E-state index contributed by atoms with van der Waals surface area (Å²) in [4.78, 5) is 11.5. The van der Waals surface area contributed by atoms with Gasteiger partial charge in [-0.05, 0) is 40.9 Å². The monoisotopic (exact) mass is 307 g/mol. The van der Waals surface area contributed by atoms with Crippen molar-refractivity contribution < 1.29 is 13.7 Å². The van der Waals surface area contributed by atoms with Gasteiger partial charge in [0.2, 0.25) is 5.76 Å². The zero-order valence-electron chi connectivity index (χ0n) is 9.97. The first-order valence-corrected chi connectivity index (χ1v) is 6.43. The Hall–Kier alpha value is -2.04. The van der Waals surface area contributed by atoms with E-state index >= 15 is 0 Å². The third-order valence-electron chi connectivity index (χ3n) is 2.74. The van der Waals surface area contributed by atoms with E-state index in [0.29, 0.717) is 17.0 Å². The molecule has 3 aromatic rings. The molecule has 0 spiro atoms. The molecule has 0 amide bonds. The minimum absolute atomic E-state index is 0.0274. The van der Waals surface area contributed by atoms with Crippen molar-refractivity contribution in [1.29, 1.82) is 0 Å². The average molecular weight is 308 g/mol. The van der Waals surface area contributed by atoms with Crippen LogP contribution in [0.3, 0.4) is 0 Å². The number of carbonyl (C=O) groups is 1. The van der Waals surface area contributed by atoms with Gasteiger partial charge in [-0.2, -0.15) is 0 Å². The lowest BCUT2D eigenvalue weighted by atomic mass is 10.0. The average Bonchev–Trinajstić information content (AvgIpc) is 3.05. The van der Waals surface area contributed by atoms with E-state index in [1.807, 2.05) is 30.3 Å². The van der Waals surface area contributed by atoms with Gasteiger partial charge >= 0.3 is 0 Å². The number of halogens is 2. The van der Waals surface area contributed by atoms with Gasteiger partial charge < -0.3 is 8.94 Å². The molecule has 0 fully saturated rings. The maximum Gasteiger partial charge on any atom is 0.291 e. The Morgan fingerprint density at radius 3 is 2.45 bits per heavy atom. The van der Waals surface area contributed by atoms with Gasteiger partial charge in [0.15, 0.2) is 16.7 Å². The number of nitrogens with zero attached hydrogens (tertiary/aromatic N) is 1. The van der Waals surface area contributed by atoms with Crippen LogP contribution in [0.2, 0.25) is 5.22 Å². The van der Waals surface area contributed by atoms with E-state index in [-0.39, 0.29) is 11.0 Å². The Morgan fingerprint density at radius 2 is 1.85 bits per heavy atom. The van der Waals surface area contributed by atoms with Crippen LogP contribution in [0.25, 0.3) is 22.6 Å². The van der Waals surface area contributed by atoms with Gasteiger partial charge in [0.25, 0.3) is 5.24 Å². The Labute approximate surface area is 123 Å². The molecule has 0 radical (unpaired) electrons. The fourth-order valence-corrected chi connectivity index (χ4v) is 2.18. The first kappa shape index (κ1) is 13.0. The molecule has 0 bridgehead atoms. The van der Waals surface area contributed by atoms with Gasteiger partial charge in [0.05, 0.1) is 5.56 Å². The van der Waals surface area contributed by atoms with E-state index in [2.05, 4.69) is 5.16 Å². The molecule has 0 atom stereocenters. The number of furan rings is 1. The van der Waals surface area contributed by atoms with Gasteiger partial charge in [-0.25, -0.2) is 0 Å². The third kappa shape index (κ3) is 2.24. The highest BCUT2D eigenvalue weighted by Crippen LogP contribution is 2.36. The summed E-state index contributed by atoms with van der Waals surface area (Å²) in [6, 6.07) is 12.4. The van der Waals surface area contributed by atoms with Gasteiger partial charge in [-0.1, -0.05) is 35.5 Å². The first-order chi connectivity index (χ1) is 9.66. The lowest BCUT2D eigenvalue weighted by molar-refractivity contribution is 0.105. The molecular formula is C14H7Cl2NO3. The highest BCUT2D eigenvalue weighted by atomic mass is 35.5. The van der Waals surface area contributed by atoms with Crippen LogP contribution in [0.15, 0.2) is 51.4 Å². The molecule has 2 aromatic heterocycles. The van der Waals surface area contributed by atoms with Gasteiger partial charge in [-0.3, -0.25) is 4.79 Å². The molecule has 0 saturated heterocycles. The van der Waals surface area contributed by atoms with Crippen LogP contribution in [0, 0.1) is 0 Å². The summed E-state index contributed by atoms with van der Waals surface area (Å²) >= 11 is 11.3. The molecule has 0 unspecified atom stereocenters. The van der Waals surface area contributed by atoms with Crippen LogP contribution in [0.1, 0.15) is 10.6 Å². The molecular weight excluding hydrogens is 301 g/mol. The molecule has 20 heavy (non-hydrogen) atoms. The summed E-state index contributed by atoms with van der Waals surface area (Å²) in [5.74, 6) is 0.377. The fraction of sp³-hybridized carbons (Fsp3) is 0. The number of rotatable bonds is 3. The molecule has 0 aliphatic rings. The minimum atomic E-state index is -0.722. The first-order valence-electron chi connectivity index (χ1n) is 5.67. The van der Waals surface area contributed by atoms with Crippen LogP contribution in [0.5, 0.6) is 0 Å². The topological polar surface area (TPSA) is 56.2 Å². The van der Waals surface area contributed by atoms with Crippen LogP contribution >= 0.6 is 23.2 Å². The largest absolute Gasteiger partial charge is 0.443 e. The Kier molecular flexibility index (Phi) is 3.34. The minimum Gasteiger partial charge on any atom is -0.443 e. The summed E-state index contributed by atoms with van der Waals surface area (Å²) < 4.78 is 10.4. The van der Waals surface area contributed by atoms with Crippen LogP contribution in [0.4, 0.5) is 0 Å². The number of hydrogen-bond acceptors (Lipinski definition) is 4. The molecule has 0 aliphatic carbocycles. The van der Waals surface area contributed by atoms with Crippen LogP contribution in [-0.4, -0.2) is 10.4 Å². The summed E-state index contributed by atoms with van der Waals surface area (Å²) in [5, 5.41) is 3.37. The molecule has 4 nitrogen and oxygen atoms in total. The molecule has 0 saturated carbocycles. The van der Waals surface area contributed by atoms with Crippen molar-refractivity contribution in [2.75, 3.05) is 0 Å². The highest BCUT2D eigenvalue weighted by molar-refractivity contribution is 6.67. The molecule has 6 heteroatoms. The standard InChI is InChI=1S/C14H7Cl2NO3/c15-10-7-6-9(19-10)12-11(8-4-2-1-3-5-8)13(14(16)18)20-17-12/h1-7H. The number of benzene rings is 1. The summed E-state index contributed by atoms with van der Waals surface area (Å²) in [7, 11) is 0. The summed E-state index contributed by atoms with van der Waals surface area (Å²) in [6.45, 7) is 0. The van der Waals surface area contributed by atoms with Crippen molar-refractivity contribution in [2.24, 2.45) is 0 Å². The summed E-state index contributed by atoms with van der Waals surface area (Å²) in [6.07, 6.45) is 0. The molecule has 0 N–H and O–H groups in total. The second kappa shape index (κ2) is 5.15. The molecule has 1 aromatic carbocycles. The van der Waals surface area contributed by atoms with Crippen molar-refractivity contribution in [2.45, 2.75) is 0 Å². The maximum absolute atomic E-state index is 11.5. The molecule has 100 valence electrons. The number of carbonyl (C=O) groups excluding carboxylic acids is 1. The third-order valence-corrected chi connectivity index (χ3v) is 3.11. The highest BCUT2D eigenvalue weighted by Gasteiger charge is 2.24. The number of hydrogen-bond donors (Lipinski definition) is 0. The Morgan fingerprint density at radius 1 is 1.10 bits per heavy atom. The number of aromatic nitrogens is 1. The zero-order valence-corrected chi connectivity index (χ0v) is 11.5. The quantitative estimate of drug-likeness (QED) is 0.662. The van der Waals surface area contributed by atoms with Crippen molar-refractivity contribution in [3.63, 3.8) is 0 Å². The van der Waals surface area contributed by atoms with Crippen molar-refractivity contribution in [3.8, 4) is 22.6 Å². The van der Waals surface area contributed by atoms with Crippen molar-refractivity contribution in [3.05, 3.63) is 53.4 Å². The van der Waals surface area contributed by atoms with E-state index in [9.17, 15) is 4.79 Å². The van der Waals surface area contributed by atoms with Crippen LogP contribution in [-0.2, 0) is 0 Å². The lowest BCUT2D eigenvalue weighted by Crippen LogP contribution is -1.90. The predicted molar refractivity (Wildman–Crippen MR) is 74.8 cm³/mol. The van der Waals surface area contributed by atoms with E-state index in [0.717, 1.165) is 5.56 Å². The normalized spacial score (nSPS) is 10.7. The molecule has 0 aliphatic heterocycles. The van der Waals surface area contributed by atoms with E-state index < -0.39 is 5.24 Å². The van der Waals surface area contributed by atoms with E-state index in [1.165, 1.54) is 0 Å². The van der Waals surface area contributed by atoms with E-state index in [1.54, 1.807) is 12.1 Å². The smallest absolute Gasteiger partial charge is 0.291 e. The second-order valence-electron chi connectivity index (χ2n) is 3.98. The SMILES string of the molecule is O=C(Cl)c1onc(-c2ccc(Cl)o2)c1-c1ccccc1. The van der Waals surface area contributed by atoms with Crippen molar-refractivity contribution >= 4 is 28.4 Å². The Bertz CT molecular complexity index is 762. The van der Waals surface area contributed by atoms with Crippen molar-refractivity contribution in [1.82, 2.24) is 5.16 Å². The predicted octanol–water partition coefficient (Wildman–Crippen LogP) is 4.63. The molecule has 2 heterocycles. The maximum atomic E-state index is 11.5. The van der Waals surface area contributed by atoms with Gasteiger partial charge in [-0.15, -0.1) is 0 Å². The van der Waals surface area contributed by atoms with Gasteiger partial charge in [0, 0.05) is 0 Å². The van der Waals surface area contributed by atoms with Crippen LogP contribution < -0.4 is 0 Å². The van der Waals surface area contributed by atoms with Gasteiger partial charge in [0.1, 0.15) is 0 Å². The second-order valence-corrected chi connectivity index (χ2v) is 4.69. The molecule has 3 rings (SSSR count). The zero-order chi connectivity index (χ0) is 14.1. The summed E-state index contributed by atoms with van der Waals surface area (Å²) in [5.41, 5.74) is 1.61. The Balaban J connectivity index is 2.24. The fourth-order valence-electron chi connectivity index (χ4n) is 1.91. The lowest BCUT2D eigenvalue weighted by Gasteiger charge is -2.00.